The van der Waals surface area contributed by atoms with Gasteiger partial charge in [-0.05, 0) is 31.2 Å². The molecule has 0 saturated heterocycles. The fourth-order valence-electron chi connectivity index (χ4n) is 1.81. The zero-order valence-electron chi connectivity index (χ0n) is 13.3. The van der Waals surface area contributed by atoms with Gasteiger partial charge in [-0.15, -0.1) is 0 Å². The Bertz CT molecular complexity index is 657. The fourth-order valence-corrected chi connectivity index (χ4v) is 2.87. The van der Waals surface area contributed by atoms with Gasteiger partial charge in [0.05, 0.1) is 6.61 Å². The van der Waals surface area contributed by atoms with E-state index in [-0.39, 0.29) is 11.6 Å². The number of hydrogen-bond donors (Lipinski definition) is 2. The number of nitrogens with zero attached hydrogens (tertiary/aromatic N) is 1. The van der Waals surface area contributed by atoms with Gasteiger partial charge in [0.1, 0.15) is 16.4 Å². The summed E-state index contributed by atoms with van der Waals surface area (Å²) in [6.45, 7) is 8.18. The molecule has 0 aliphatic rings. The lowest BCUT2D eigenvalue weighted by molar-refractivity contribution is 0.0863. The number of hydrogen-bond acceptors (Lipinski definition) is 6. The number of anilines is 3. The Morgan fingerprint density at radius 1 is 1.32 bits per heavy atom. The first-order valence-corrected chi connectivity index (χ1v) is 7.94. The fraction of sp³-hybridized carbons (Fsp3) is 0.375. The van der Waals surface area contributed by atoms with E-state index in [1.54, 1.807) is 0 Å². The molecule has 118 valence electrons. The number of ketones is 1. The van der Waals surface area contributed by atoms with Crippen LogP contribution in [0.15, 0.2) is 24.3 Å². The summed E-state index contributed by atoms with van der Waals surface area (Å²) in [6, 6.07) is 7.55. The van der Waals surface area contributed by atoms with Crippen molar-refractivity contribution in [3.63, 3.8) is 0 Å². The highest BCUT2D eigenvalue weighted by Gasteiger charge is 2.27. The first kappa shape index (κ1) is 16.3. The van der Waals surface area contributed by atoms with E-state index in [1.807, 2.05) is 52.0 Å². The molecule has 0 bridgehead atoms. The predicted molar refractivity (Wildman–Crippen MR) is 91.2 cm³/mol. The predicted octanol–water partition coefficient (Wildman–Crippen LogP) is 4.10. The van der Waals surface area contributed by atoms with Crippen molar-refractivity contribution in [3.8, 4) is 5.75 Å². The van der Waals surface area contributed by atoms with Gasteiger partial charge >= 0.3 is 0 Å². The van der Waals surface area contributed by atoms with Crippen LogP contribution in [0.4, 0.5) is 16.6 Å². The maximum Gasteiger partial charge on any atom is 0.189 e. The topological polar surface area (TPSA) is 77.2 Å². The van der Waals surface area contributed by atoms with Gasteiger partial charge in [-0.25, -0.2) is 4.98 Å². The van der Waals surface area contributed by atoms with E-state index < -0.39 is 5.41 Å². The molecule has 0 radical (unpaired) electrons. The molecular weight excluding hydrogens is 298 g/mol. The lowest BCUT2D eigenvalue weighted by Crippen LogP contribution is -2.20. The summed E-state index contributed by atoms with van der Waals surface area (Å²) in [7, 11) is 0. The van der Waals surface area contributed by atoms with Gasteiger partial charge in [0, 0.05) is 11.1 Å². The van der Waals surface area contributed by atoms with E-state index in [2.05, 4.69) is 10.3 Å². The largest absolute Gasteiger partial charge is 0.494 e. The van der Waals surface area contributed by atoms with Crippen LogP contribution in [0, 0.1) is 5.41 Å². The van der Waals surface area contributed by atoms with Crippen molar-refractivity contribution in [3.05, 3.63) is 29.1 Å². The second-order valence-electron chi connectivity index (χ2n) is 5.89. The summed E-state index contributed by atoms with van der Waals surface area (Å²) >= 11 is 1.28. The maximum atomic E-state index is 12.3. The summed E-state index contributed by atoms with van der Waals surface area (Å²) in [6.07, 6.45) is 0. The third kappa shape index (κ3) is 3.76. The molecule has 0 fully saturated rings. The zero-order valence-corrected chi connectivity index (χ0v) is 14.1. The third-order valence-electron chi connectivity index (χ3n) is 2.96. The van der Waals surface area contributed by atoms with Crippen molar-refractivity contribution in [1.82, 2.24) is 4.98 Å². The summed E-state index contributed by atoms with van der Waals surface area (Å²) < 4.78 is 5.40. The van der Waals surface area contributed by atoms with E-state index >= 15 is 0 Å². The van der Waals surface area contributed by atoms with Crippen molar-refractivity contribution >= 4 is 33.8 Å². The highest BCUT2D eigenvalue weighted by Crippen LogP contribution is 2.33. The molecular formula is C16H21N3O2S. The molecule has 5 nitrogen and oxygen atoms in total. The minimum Gasteiger partial charge on any atom is -0.494 e. The number of nitrogens with two attached hydrogens (primary N) is 1. The van der Waals surface area contributed by atoms with Gasteiger partial charge in [-0.2, -0.15) is 0 Å². The van der Waals surface area contributed by atoms with Crippen LogP contribution in [-0.4, -0.2) is 17.4 Å². The Kier molecular flexibility index (Phi) is 4.71. The molecule has 3 N–H and O–H groups in total. The molecule has 2 rings (SSSR count). The number of ether oxygens (including phenoxy) is 1. The number of nitrogens with one attached hydrogen (secondary N) is 1. The normalized spacial score (nSPS) is 11.3. The van der Waals surface area contributed by atoms with Gasteiger partial charge in [0.25, 0.3) is 0 Å². The molecule has 1 aromatic heterocycles. The average Bonchev–Trinajstić information content (AvgIpc) is 2.80. The summed E-state index contributed by atoms with van der Waals surface area (Å²) in [5.74, 6) is 1.09. The average molecular weight is 319 g/mol. The van der Waals surface area contributed by atoms with Gasteiger partial charge in [-0.3, -0.25) is 4.79 Å². The van der Waals surface area contributed by atoms with Gasteiger partial charge in [0.15, 0.2) is 10.9 Å². The van der Waals surface area contributed by atoms with Gasteiger partial charge in [0.2, 0.25) is 0 Å². The Balaban J connectivity index is 2.16. The molecule has 0 unspecified atom stereocenters. The van der Waals surface area contributed by atoms with Crippen LogP contribution in [-0.2, 0) is 0 Å². The molecule has 0 aliphatic carbocycles. The molecule has 6 heteroatoms. The SMILES string of the molecule is CCOc1ccc(Nc2nc(N)c(C(=O)C(C)(C)C)s2)cc1. The van der Waals surface area contributed by atoms with E-state index in [0.29, 0.717) is 16.6 Å². The van der Waals surface area contributed by atoms with Crippen molar-refractivity contribution in [2.45, 2.75) is 27.7 Å². The molecule has 22 heavy (non-hydrogen) atoms. The lowest BCUT2D eigenvalue weighted by Gasteiger charge is -2.14. The number of Topliss-reactive ketones (excluding diaryl/α,β-unsaturated/α-hetero) is 1. The summed E-state index contributed by atoms with van der Waals surface area (Å²) in [5, 5.41) is 3.77. The maximum absolute atomic E-state index is 12.3. The van der Waals surface area contributed by atoms with E-state index in [4.69, 9.17) is 10.5 Å². The highest BCUT2D eigenvalue weighted by molar-refractivity contribution is 7.18. The van der Waals surface area contributed by atoms with Crippen LogP contribution in [0.2, 0.25) is 0 Å². The minimum atomic E-state index is -0.475. The number of carbonyl (C=O) groups is 1. The molecule has 0 spiro atoms. The zero-order chi connectivity index (χ0) is 16.3. The van der Waals surface area contributed by atoms with Crippen molar-refractivity contribution < 1.29 is 9.53 Å². The number of rotatable bonds is 5. The van der Waals surface area contributed by atoms with Crippen LogP contribution in [0.3, 0.4) is 0 Å². The molecule has 2 aromatic rings. The smallest absolute Gasteiger partial charge is 0.189 e. The second kappa shape index (κ2) is 6.36. The number of nitrogen functional groups attached to an aromatic ring is 1. The van der Waals surface area contributed by atoms with Crippen LogP contribution in [0.1, 0.15) is 37.4 Å². The van der Waals surface area contributed by atoms with Crippen molar-refractivity contribution in [2.75, 3.05) is 17.7 Å². The minimum absolute atomic E-state index is 0.00208. The molecule has 0 atom stereocenters. The monoisotopic (exact) mass is 319 g/mol. The van der Waals surface area contributed by atoms with Crippen molar-refractivity contribution in [1.29, 1.82) is 0 Å². The standard InChI is InChI=1S/C16H21N3O2S/c1-5-21-11-8-6-10(7-9-11)18-15-19-14(17)12(22-15)13(20)16(2,3)4/h6-9H,5,17H2,1-4H3,(H,18,19). The van der Waals surface area contributed by atoms with Crippen LogP contribution >= 0.6 is 11.3 Å². The molecule has 1 heterocycles. The Morgan fingerprint density at radius 3 is 2.50 bits per heavy atom. The number of thiazole rings is 1. The molecule has 0 aliphatic heterocycles. The Morgan fingerprint density at radius 2 is 1.95 bits per heavy atom. The Hall–Kier alpha value is -2.08. The van der Waals surface area contributed by atoms with E-state index in [1.165, 1.54) is 11.3 Å². The van der Waals surface area contributed by atoms with Crippen LogP contribution in [0.25, 0.3) is 0 Å². The Labute approximate surface area is 134 Å². The lowest BCUT2D eigenvalue weighted by atomic mass is 9.90. The van der Waals surface area contributed by atoms with Gasteiger partial charge < -0.3 is 15.8 Å². The highest BCUT2D eigenvalue weighted by atomic mass is 32.1. The number of benzene rings is 1. The van der Waals surface area contributed by atoms with Crippen molar-refractivity contribution in [2.24, 2.45) is 5.41 Å². The summed E-state index contributed by atoms with van der Waals surface area (Å²) in [5.41, 5.74) is 6.27. The van der Waals surface area contributed by atoms with Crippen LogP contribution < -0.4 is 15.8 Å². The van der Waals surface area contributed by atoms with E-state index in [0.717, 1.165) is 11.4 Å². The quantitative estimate of drug-likeness (QED) is 0.811. The second-order valence-corrected chi connectivity index (χ2v) is 6.89. The number of carbonyl (C=O) groups excluding carboxylic acids is 1. The molecule has 1 aromatic carbocycles. The molecule has 0 saturated carbocycles. The van der Waals surface area contributed by atoms with Gasteiger partial charge in [-0.1, -0.05) is 32.1 Å². The van der Waals surface area contributed by atoms with E-state index in [9.17, 15) is 4.79 Å². The molecule has 0 amide bonds. The first-order chi connectivity index (χ1) is 10.3. The van der Waals surface area contributed by atoms with Crippen LogP contribution in [0.5, 0.6) is 5.75 Å². The number of aromatic nitrogens is 1. The third-order valence-corrected chi connectivity index (χ3v) is 3.94. The summed E-state index contributed by atoms with van der Waals surface area (Å²) in [4.78, 5) is 17.0. The first-order valence-electron chi connectivity index (χ1n) is 7.12.